The minimum atomic E-state index is -1.05. The van der Waals surface area contributed by atoms with Crippen molar-refractivity contribution in [2.75, 3.05) is 32.0 Å². The topological polar surface area (TPSA) is 81.7 Å². The average Bonchev–Trinajstić information content (AvgIpc) is 2.40. The van der Waals surface area contributed by atoms with Crippen LogP contribution in [0, 0.1) is 0 Å². The van der Waals surface area contributed by atoms with E-state index in [0.717, 1.165) is 13.1 Å². The van der Waals surface area contributed by atoms with Gasteiger partial charge in [-0.2, -0.15) is 0 Å². The Balaban J connectivity index is 2.54. The van der Waals surface area contributed by atoms with E-state index < -0.39 is 5.97 Å². The first kappa shape index (κ1) is 16.5. The van der Waals surface area contributed by atoms with Crippen molar-refractivity contribution in [3.05, 3.63) is 28.2 Å². The van der Waals surface area contributed by atoms with E-state index in [1.807, 2.05) is 14.0 Å². The Morgan fingerprint density at radius 1 is 1.40 bits per heavy atom. The number of hydrogen-bond donors (Lipinski definition) is 3. The molecule has 2 amide bonds. The summed E-state index contributed by atoms with van der Waals surface area (Å²) in [4.78, 5) is 24.7. The molecule has 110 valence electrons. The van der Waals surface area contributed by atoms with Crippen LogP contribution in [0.25, 0.3) is 0 Å². The van der Waals surface area contributed by atoms with Gasteiger partial charge in [0.05, 0.1) is 5.56 Å². The summed E-state index contributed by atoms with van der Waals surface area (Å²) in [7, 11) is 1.97. The Morgan fingerprint density at radius 2 is 2.10 bits per heavy atom. The highest BCUT2D eigenvalue weighted by atomic mass is 79.9. The van der Waals surface area contributed by atoms with Gasteiger partial charge in [0.25, 0.3) is 0 Å². The normalized spacial score (nSPS) is 10.4. The molecule has 0 unspecified atom stereocenters. The van der Waals surface area contributed by atoms with Gasteiger partial charge >= 0.3 is 12.0 Å². The van der Waals surface area contributed by atoms with E-state index in [-0.39, 0.29) is 11.6 Å². The van der Waals surface area contributed by atoms with E-state index in [2.05, 4.69) is 31.5 Å². The lowest BCUT2D eigenvalue weighted by atomic mass is 10.2. The van der Waals surface area contributed by atoms with E-state index >= 15 is 0 Å². The van der Waals surface area contributed by atoms with Crippen LogP contribution in [0.2, 0.25) is 0 Å². The quantitative estimate of drug-likeness (QED) is 0.739. The van der Waals surface area contributed by atoms with Crippen LogP contribution >= 0.6 is 15.9 Å². The number of nitrogens with zero attached hydrogens (tertiary/aromatic N) is 1. The summed E-state index contributed by atoms with van der Waals surface area (Å²) >= 11 is 3.15. The number of aromatic carboxylic acids is 1. The number of carbonyl (C=O) groups excluding carboxylic acids is 1. The van der Waals surface area contributed by atoms with E-state index in [4.69, 9.17) is 5.11 Å². The van der Waals surface area contributed by atoms with Crippen molar-refractivity contribution >= 4 is 33.6 Å². The number of benzene rings is 1. The Hall–Kier alpha value is -1.60. The number of rotatable bonds is 6. The number of amides is 2. The van der Waals surface area contributed by atoms with Crippen LogP contribution in [-0.4, -0.2) is 48.7 Å². The Labute approximate surface area is 126 Å². The van der Waals surface area contributed by atoms with Crippen molar-refractivity contribution in [2.24, 2.45) is 0 Å². The van der Waals surface area contributed by atoms with Gasteiger partial charge in [0, 0.05) is 23.2 Å². The lowest BCUT2D eigenvalue weighted by Gasteiger charge is -2.14. The molecule has 0 aliphatic heterocycles. The molecule has 7 heteroatoms. The molecule has 0 aromatic heterocycles. The van der Waals surface area contributed by atoms with Gasteiger partial charge in [-0.3, -0.25) is 0 Å². The molecule has 0 bridgehead atoms. The minimum Gasteiger partial charge on any atom is -0.478 e. The molecule has 1 aromatic rings. The molecular formula is C13H18BrN3O3. The SMILES string of the molecule is CCN(C)CCNC(=O)Nc1ccc(Br)c(C(=O)O)c1. The van der Waals surface area contributed by atoms with E-state index in [1.54, 1.807) is 12.1 Å². The second kappa shape index (κ2) is 7.86. The second-order valence-corrected chi connectivity index (χ2v) is 5.13. The first-order chi connectivity index (χ1) is 9.43. The maximum atomic E-state index is 11.6. The fourth-order valence-corrected chi connectivity index (χ4v) is 1.88. The van der Waals surface area contributed by atoms with Crippen LogP contribution in [0.5, 0.6) is 0 Å². The molecule has 0 radical (unpaired) electrons. The van der Waals surface area contributed by atoms with E-state index in [1.165, 1.54) is 6.07 Å². The van der Waals surface area contributed by atoms with Gasteiger partial charge in [-0.1, -0.05) is 6.92 Å². The molecule has 1 rings (SSSR count). The van der Waals surface area contributed by atoms with E-state index in [0.29, 0.717) is 16.7 Å². The zero-order chi connectivity index (χ0) is 15.1. The maximum absolute atomic E-state index is 11.6. The fraction of sp³-hybridized carbons (Fsp3) is 0.385. The summed E-state index contributed by atoms with van der Waals surface area (Å²) in [6.45, 7) is 4.23. The third-order valence-corrected chi connectivity index (χ3v) is 3.47. The standard InChI is InChI=1S/C13H18BrN3O3/c1-3-17(2)7-6-15-13(20)16-9-4-5-11(14)10(8-9)12(18)19/h4-5,8H,3,6-7H2,1-2H3,(H,18,19)(H2,15,16,20). The number of nitrogens with one attached hydrogen (secondary N) is 2. The highest BCUT2D eigenvalue weighted by Gasteiger charge is 2.10. The Morgan fingerprint density at radius 3 is 2.70 bits per heavy atom. The van der Waals surface area contributed by atoms with Gasteiger partial charge in [0.15, 0.2) is 0 Å². The third kappa shape index (κ3) is 5.18. The Kier molecular flexibility index (Phi) is 6.47. The average molecular weight is 344 g/mol. The van der Waals surface area contributed by atoms with Crippen LogP contribution in [-0.2, 0) is 0 Å². The zero-order valence-electron chi connectivity index (χ0n) is 11.4. The molecule has 6 nitrogen and oxygen atoms in total. The van der Waals surface area contributed by atoms with Crippen LogP contribution < -0.4 is 10.6 Å². The number of carboxylic acids is 1. The summed E-state index contributed by atoms with van der Waals surface area (Å²) < 4.78 is 0.473. The molecular weight excluding hydrogens is 326 g/mol. The summed E-state index contributed by atoms with van der Waals surface area (Å²) in [5.41, 5.74) is 0.542. The highest BCUT2D eigenvalue weighted by molar-refractivity contribution is 9.10. The van der Waals surface area contributed by atoms with Gasteiger partial charge < -0.3 is 20.6 Å². The monoisotopic (exact) mass is 343 g/mol. The number of urea groups is 1. The molecule has 0 atom stereocenters. The predicted octanol–water partition coefficient (Wildman–Crippen LogP) is 2.22. The molecule has 0 saturated carbocycles. The van der Waals surface area contributed by atoms with Crippen LogP contribution in [0.3, 0.4) is 0 Å². The Bertz CT molecular complexity index is 494. The summed E-state index contributed by atoms with van der Waals surface area (Å²) in [6, 6.07) is 4.27. The molecule has 0 aliphatic carbocycles. The second-order valence-electron chi connectivity index (χ2n) is 4.28. The van der Waals surface area contributed by atoms with E-state index in [9.17, 15) is 9.59 Å². The first-order valence-corrected chi connectivity index (χ1v) is 6.99. The summed E-state index contributed by atoms with van der Waals surface area (Å²) in [6.07, 6.45) is 0. The summed E-state index contributed by atoms with van der Waals surface area (Å²) in [5.74, 6) is -1.05. The third-order valence-electron chi connectivity index (χ3n) is 2.77. The van der Waals surface area contributed by atoms with Gasteiger partial charge in [-0.05, 0) is 47.7 Å². The molecule has 0 spiro atoms. The number of hydrogen-bond acceptors (Lipinski definition) is 3. The number of anilines is 1. The molecule has 20 heavy (non-hydrogen) atoms. The van der Waals surface area contributed by atoms with Crippen LogP contribution in [0.1, 0.15) is 17.3 Å². The van der Waals surface area contributed by atoms with Crippen molar-refractivity contribution in [1.82, 2.24) is 10.2 Å². The fourth-order valence-electron chi connectivity index (χ4n) is 1.46. The van der Waals surface area contributed by atoms with Crippen molar-refractivity contribution in [1.29, 1.82) is 0 Å². The number of carboxylic acid groups (broad SMARTS) is 1. The lowest BCUT2D eigenvalue weighted by Crippen LogP contribution is -2.35. The van der Waals surface area contributed by atoms with Crippen molar-refractivity contribution < 1.29 is 14.7 Å². The maximum Gasteiger partial charge on any atom is 0.336 e. The smallest absolute Gasteiger partial charge is 0.336 e. The van der Waals surface area contributed by atoms with Crippen molar-refractivity contribution in [2.45, 2.75) is 6.92 Å². The number of likely N-dealkylation sites (N-methyl/N-ethyl adjacent to an activating group) is 1. The highest BCUT2D eigenvalue weighted by Crippen LogP contribution is 2.21. The molecule has 0 saturated heterocycles. The van der Waals surface area contributed by atoms with Crippen LogP contribution in [0.4, 0.5) is 10.5 Å². The van der Waals surface area contributed by atoms with Gasteiger partial charge in [-0.15, -0.1) is 0 Å². The molecule has 0 heterocycles. The summed E-state index contributed by atoms with van der Waals surface area (Å²) in [5, 5.41) is 14.3. The minimum absolute atomic E-state index is 0.105. The molecule has 3 N–H and O–H groups in total. The number of carbonyl (C=O) groups is 2. The van der Waals surface area contributed by atoms with Gasteiger partial charge in [-0.25, -0.2) is 9.59 Å². The largest absolute Gasteiger partial charge is 0.478 e. The lowest BCUT2D eigenvalue weighted by molar-refractivity contribution is 0.0696. The molecule has 0 fully saturated rings. The van der Waals surface area contributed by atoms with Gasteiger partial charge in [0.1, 0.15) is 0 Å². The van der Waals surface area contributed by atoms with Crippen LogP contribution in [0.15, 0.2) is 22.7 Å². The van der Waals surface area contributed by atoms with Crippen molar-refractivity contribution in [3.8, 4) is 0 Å². The number of halogens is 1. The molecule has 0 aliphatic rings. The first-order valence-electron chi connectivity index (χ1n) is 6.20. The van der Waals surface area contributed by atoms with Gasteiger partial charge in [0.2, 0.25) is 0 Å². The zero-order valence-corrected chi connectivity index (χ0v) is 13.0. The molecule has 1 aromatic carbocycles. The predicted molar refractivity (Wildman–Crippen MR) is 81.3 cm³/mol. The van der Waals surface area contributed by atoms with Crippen molar-refractivity contribution in [3.63, 3.8) is 0 Å².